The van der Waals surface area contributed by atoms with Crippen LogP contribution >= 0.6 is 11.6 Å². The number of nitrogens with zero attached hydrogens (tertiary/aromatic N) is 3. The van der Waals surface area contributed by atoms with E-state index < -0.39 is 0 Å². The maximum atomic E-state index is 12.5. The van der Waals surface area contributed by atoms with Crippen LogP contribution in [-0.4, -0.2) is 33.0 Å². The lowest BCUT2D eigenvalue weighted by molar-refractivity contribution is 0.171. The summed E-state index contributed by atoms with van der Waals surface area (Å²) >= 11 is 6.29. The fourth-order valence-corrected chi connectivity index (χ4v) is 3.50. The molecule has 146 valence electrons. The molecule has 0 bridgehead atoms. The van der Waals surface area contributed by atoms with Gasteiger partial charge in [0.25, 0.3) is 5.56 Å². The molecule has 1 aliphatic heterocycles. The third-order valence-electron chi connectivity index (χ3n) is 4.56. The maximum Gasteiger partial charge on any atom is 0.263 e. The van der Waals surface area contributed by atoms with Crippen LogP contribution in [0.1, 0.15) is 5.56 Å². The third kappa shape index (κ3) is 3.27. The summed E-state index contributed by atoms with van der Waals surface area (Å²) in [6.45, 7) is 1.35. The largest absolute Gasteiger partial charge is 0.486 e. The molecule has 8 nitrogen and oxygen atoms in total. The summed E-state index contributed by atoms with van der Waals surface area (Å²) in [6, 6.07) is 13.2. The number of benzene rings is 2. The van der Waals surface area contributed by atoms with Crippen LogP contribution in [0.2, 0.25) is 5.02 Å². The molecule has 0 spiro atoms. The number of hydrogen-bond acceptors (Lipinski definition) is 6. The number of rotatable bonds is 4. The second-order valence-corrected chi connectivity index (χ2v) is 6.91. The first-order valence-electron chi connectivity index (χ1n) is 9.04. The zero-order valence-electron chi connectivity index (χ0n) is 15.2. The standard InChI is InChI=1S/C20H16ClN5O3/c21-15-8-12(9-16-17(15)29-7-6-28-16)10-22-20-24-18-14(19(27)25-20)11-23-26(18)13-4-2-1-3-5-13/h1-5,8-9,11H,6-7,10H2,(H2,22,24,25,27). The number of nitrogens with one attached hydrogen (secondary N) is 2. The van der Waals surface area contributed by atoms with Crippen LogP contribution in [0, 0.1) is 0 Å². The third-order valence-corrected chi connectivity index (χ3v) is 4.84. The van der Waals surface area contributed by atoms with Crippen LogP contribution in [0.25, 0.3) is 16.7 Å². The van der Waals surface area contributed by atoms with E-state index in [1.54, 1.807) is 10.7 Å². The Balaban J connectivity index is 1.45. The predicted octanol–water partition coefficient (Wildman–Crippen LogP) is 3.15. The molecule has 0 aliphatic carbocycles. The molecule has 4 aromatic rings. The lowest BCUT2D eigenvalue weighted by Gasteiger charge is -2.20. The first-order valence-corrected chi connectivity index (χ1v) is 9.42. The van der Waals surface area contributed by atoms with Gasteiger partial charge in [0, 0.05) is 6.54 Å². The summed E-state index contributed by atoms with van der Waals surface area (Å²) in [5.74, 6) is 1.51. The van der Waals surface area contributed by atoms with Crippen molar-refractivity contribution in [2.75, 3.05) is 18.5 Å². The van der Waals surface area contributed by atoms with Gasteiger partial charge < -0.3 is 14.8 Å². The van der Waals surface area contributed by atoms with Gasteiger partial charge in [-0.15, -0.1) is 0 Å². The van der Waals surface area contributed by atoms with Gasteiger partial charge in [0.15, 0.2) is 17.1 Å². The van der Waals surface area contributed by atoms with Gasteiger partial charge in [0.05, 0.1) is 16.9 Å². The number of halogens is 1. The number of fused-ring (bicyclic) bond motifs is 2. The zero-order chi connectivity index (χ0) is 19.8. The summed E-state index contributed by atoms with van der Waals surface area (Å²) in [4.78, 5) is 19.7. The van der Waals surface area contributed by atoms with Gasteiger partial charge in [-0.1, -0.05) is 29.8 Å². The molecule has 0 saturated carbocycles. The van der Waals surface area contributed by atoms with Gasteiger partial charge in [-0.3, -0.25) is 9.78 Å². The Morgan fingerprint density at radius 1 is 1.17 bits per heavy atom. The highest BCUT2D eigenvalue weighted by Crippen LogP contribution is 2.38. The number of H-pyrrole nitrogens is 1. The highest BCUT2D eigenvalue weighted by molar-refractivity contribution is 6.32. The van der Waals surface area contributed by atoms with E-state index in [1.165, 1.54) is 6.20 Å². The Kier molecular flexibility index (Phi) is 4.33. The van der Waals surface area contributed by atoms with Crippen molar-refractivity contribution in [3.05, 3.63) is 69.6 Å². The summed E-state index contributed by atoms with van der Waals surface area (Å²) in [5, 5.41) is 8.34. The van der Waals surface area contributed by atoms with E-state index in [0.29, 0.717) is 53.3 Å². The van der Waals surface area contributed by atoms with Gasteiger partial charge in [0.2, 0.25) is 5.95 Å². The normalized spacial score (nSPS) is 12.9. The van der Waals surface area contributed by atoms with E-state index in [1.807, 2.05) is 36.4 Å². The Hall–Kier alpha value is -3.52. The summed E-state index contributed by atoms with van der Waals surface area (Å²) in [7, 11) is 0. The molecule has 0 fully saturated rings. The first-order chi connectivity index (χ1) is 14.2. The number of para-hydroxylation sites is 1. The van der Waals surface area contributed by atoms with Crippen molar-refractivity contribution >= 4 is 28.6 Å². The van der Waals surface area contributed by atoms with E-state index in [2.05, 4.69) is 20.4 Å². The van der Waals surface area contributed by atoms with E-state index in [9.17, 15) is 4.79 Å². The van der Waals surface area contributed by atoms with Crippen LogP contribution in [0.4, 0.5) is 5.95 Å². The van der Waals surface area contributed by atoms with Gasteiger partial charge in [0.1, 0.15) is 18.6 Å². The topological polar surface area (TPSA) is 94.1 Å². The minimum Gasteiger partial charge on any atom is -0.486 e. The van der Waals surface area contributed by atoms with Gasteiger partial charge in [-0.25, -0.2) is 4.68 Å². The van der Waals surface area contributed by atoms with Crippen LogP contribution in [0.5, 0.6) is 11.5 Å². The molecule has 3 heterocycles. The van der Waals surface area contributed by atoms with Crippen molar-refractivity contribution in [1.29, 1.82) is 0 Å². The number of hydrogen-bond donors (Lipinski definition) is 2. The summed E-state index contributed by atoms with van der Waals surface area (Å²) in [5.41, 5.74) is 1.91. The van der Waals surface area contributed by atoms with Crippen LogP contribution in [-0.2, 0) is 6.54 Å². The van der Waals surface area contributed by atoms with Crippen LogP contribution in [0.15, 0.2) is 53.5 Å². The van der Waals surface area contributed by atoms with E-state index in [0.717, 1.165) is 11.3 Å². The number of aromatic amines is 1. The van der Waals surface area contributed by atoms with Crippen molar-refractivity contribution in [2.24, 2.45) is 0 Å². The van der Waals surface area contributed by atoms with Crippen molar-refractivity contribution in [3.8, 4) is 17.2 Å². The van der Waals surface area contributed by atoms with E-state index >= 15 is 0 Å². The van der Waals surface area contributed by atoms with Crippen molar-refractivity contribution in [2.45, 2.75) is 6.54 Å². The van der Waals surface area contributed by atoms with Gasteiger partial charge in [-0.05, 0) is 29.8 Å². The molecule has 0 atom stereocenters. The minimum atomic E-state index is -0.264. The first kappa shape index (κ1) is 17.6. The Labute approximate surface area is 170 Å². The fourth-order valence-electron chi connectivity index (χ4n) is 3.21. The molecule has 2 aromatic heterocycles. The Bertz CT molecular complexity index is 1250. The molecule has 0 amide bonds. The maximum absolute atomic E-state index is 12.5. The molecular formula is C20H16ClN5O3. The van der Waals surface area contributed by atoms with Crippen LogP contribution < -0.4 is 20.3 Å². The molecule has 5 rings (SSSR count). The average molecular weight is 410 g/mol. The number of ether oxygens (including phenoxy) is 2. The van der Waals surface area contributed by atoms with Crippen molar-refractivity contribution < 1.29 is 9.47 Å². The Morgan fingerprint density at radius 3 is 2.86 bits per heavy atom. The van der Waals surface area contributed by atoms with Gasteiger partial charge >= 0.3 is 0 Å². The zero-order valence-corrected chi connectivity index (χ0v) is 15.9. The summed E-state index contributed by atoms with van der Waals surface area (Å²) in [6.07, 6.45) is 1.51. The quantitative estimate of drug-likeness (QED) is 0.537. The SMILES string of the molecule is O=c1[nH]c(NCc2cc(Cl)c3c(c2)OCCO3)nc2c1cnn2-c1ccccc1. The fraction of sp³-hybridized carbons (Fsp3) is 0.150. The number of aromatic nitrogens is 4. The molecule has 0 unspecified atom stereocenters. The second kappa shape index (κ2) is 7.14. The van der Waals surface area contributed by atoms with Gasteiger partial charge in [-0.2, -0.15) is 10.1 Å². The molecule has 2 aromatic carbocycles. The smallest absolute Gasteiger partial charge is 0.263 e. The lowest BCUT2D eigenvalue weighted by atomic mass is 10.2. The highest BCUT2D eigenvalue weighted by Gasteiger charge is 2.17. The summed E-state index contributed by atoms with van der Waals surface area (Å²) < 4.78 is 12.8. The van der Waals surface area contributed by atoms with E-state index in [4.69, 9.17) is 21.1 Å². The molecule has 0 radical (unpaired) electrons. The van der Waals surface area contributed by atoms with Crippen molar-refractivity contribution in [3.63, 3.8) is 0 Å². The molecule has 1 aliphatic rings. The minimum absolute atomic E-state index is 0.264. The molecular weight excluding hydrogens is 394 g/mol. The monoisotopic (exact) mass is 409 g/mol. The molecule has 2 N–H and O–H groups in total. The molecule has 29 heavy (non-hydrogen) atoms. The highest BCUT2D eigenvalue weighted by atomic mass is 35.5. The molecule has 9 heteroatoms. The van der Waals surface area contributed by atoms with E-state index in [-0.39, 0.29) is 5.56 Å². The predicted molar refractivity (Wildman–Crippen MR) is 109 cm³/mol. The molecule has 0 saturated heterocycles. The Morgan fingerprint density at radius 2 is 2.00 bits per heavy atom. The lowest BCUT2D eigenvalue weighted by Crippen LogP contribution is -2.16. The average Bonchev–Trinajstić information content (AvgIpc) is 3.18. The van der Waals surface area contributed by atoms with Crippen LogP contribution in [0.3, 0.4) is 0 Å². The number of anilines is 1. The van der Waals surface area contributed by atoms with Crippen molar-refractivity contribution in [1.82, 2.24) is 19.7 Å². The second-order valence-electron chi connectivity index (χ2n) is 6.50.